The van der Waals surface area contributed by atoms with Crippen LogP contribution in [0.4, 0.5) is 5.00 Å². The van der Waals surface area contributed by atoms with E-state index in [9.17, 15) is 14.7 Å². The van der Waals surface area contributed by atoms with E-state index in [4.69, 9.17) is 4.74 Å². The largest absolute Gasteiger partial charge is 0.478 e. The van der Waals surface area contributed by atoms with E-state index in [1.165, 1.54) is 16.9 Å². The van der Waals surface area contributed by atoms with Gasteiger partial charge >= 0.3 is 5.97 Å². The van der Waals surface area contributed by atoms with Crippen molar-refractivity contribution >= 4 is 28.2 Å². The molecule has 2 heterocycles. The van der Waals surface area contributed by atoms with E-state index in [1.54, 1.807) is 5.38 Å². The van der Waals surface area contributed by atoms with Gasteiger partial charge in [-0.3, -0.25) is 4.79 Å². The highest BCUT2D eigenvalue weighted by Crippen LogP contribution is 2.36. The number of carbonyl (C=O) groups is 2. The van der Waals surface area contributed by atoms with Crippen molar-refractivity contribution in [3.63, 3.8) is 0 Å². The van der Waals surface area contributed by atoms with Crippen LogP contribution in [0.1, 0.15) is 48.5 Å². The molecule has 132 valence electrons. The van der Waals surface area contributed by atoms with Gasteiger partial charge in [-0.1, -0.05) is 38.1 Å². The molecular weight excluding hydrogens is 338 g/mol. The minimum atomic E-state index is -1.05. The van der Waals surface area contributed by atoms with Crippen LogP contribution in [-0.2, 0) is 9.53 Å². The van der Waals surface area contributed by atoms with Crippen molar-refractivity contribution in [2.24, 2.45) is 0 Å². The van der Waals surface area contributed by atoms with Gasteiger partial charge in [-0.2, -0.15) is 0 Å². The van der Waals surface area contributed by atoms with Crippen LogP contribution in [0.3, 0.4) is 0 Å². The number of thiophene rings is 1. The maximum absolute atomic E-state index is 12.2. The fourth-order valence-corrected chi connectivity index (χ4v) is 3.86. The maximum atomic E-state index is 12.2. The third-order valence-electron chi connectivity index (χ3n) is 4.35. The molecule has 0 radical (unpaired) electrons. The number of carboxylic acid groups (broad SMARTS) is 1. The number of carbonyl (C=O) groups excluding carboxylic acids is 1. The molecule has 25 heavy (non-hydrogen) atoms. The summed E-state index contributed by atoms with van der Waals surface area (Å²) >= 11 is 1.23. The monoisotopic (exact) mass is 359 g/mol. The predicted molar refractivity (Wildman–Crippen MR) is 98.4 cm³/mol. The molecule has 1 amide bonds. The van der Waals surface area contributed by atoms with Crippen molar-refractivity contribution in [3.05, 3.63) is 40.8 Å². The van der Waals surface area contributed by atoms with Crippen LogP contribution >= 0.6 is 11.3 Å². The molecule has 1 aromatic heterocycles. The Labute approximate surface area is 150 Å². The minimum absolute atomic E-state index is 0.133. The Morgan fingerprint density at radius 3 is 2.56 bits per heavy atom. The molecule has 2 N–H and O–H groups in total. The van der Waals surface area contributed by atoms with E-state index in [1.807, 2.05) is 24.3 Å². The molecule has 2 aromatic rings. The summed E-state index contributed by atoms with van der Waals surface area (Å²) in [6.07, 6.45) is 1.03. The van der Waals surface area contributed by atoms with Crippen LogP contribution in [0.2, 0.25) is 0 Å². The molecule has 6 heteroatoms. The summed E-state index contributed by atoms with van der Waals surface area (Å²) in [5.74, 6) is -0.910. The van der Waals surface area contributed by atoms with Gasteiger partial charge in [0, 0.05) is 17.6 Å². The lowest BCUT2D eigenvalue weighted by molar-refractivity contribution is -0.124. The lowest BCUT2D eigenvalue weighted by atomic mass is 9.98. The Hall–Kier alpha value is -2.18. The van der Waals surface area contributed by atoms with Gasteiger partial charge < -0.3 is 15.2 Å². The third kappa shape index (κ3) is 3.75. The Bertz CT molecular complexity index is 773. The highest BCUT2D eigenvalue weighted by atomic mass is 32.1. The number of carboxylic acids is 1. The fraction of sp³-hybridized carbons (Fsp3) is 0.368. The van der Waals surface area contributed by atoms with Gasteiger partial charge in [0.1, 0.15) is 16.7 Å². The van der Waals surface area contributed by atoms with Crippen LogP contribution in [0.25, 0.3) is 11.1 Å². The van der Waals surface area contributed by atoms with Crippen molar-refractivity contribution < 1.29 is 19.4 Å². The lowest BCUT2D eigenvalue weighted by Crippen LogP contribution is -2.27. The topological polar surface area (TPSA) is 75.6 Å². The van der Waals surface area contributed by atoms with E-state index in [2.05, 4.69) is 19.2 Å². The van der Waals surface area contributed by atoms with Gasteiger partial charge in [0.2, 0.25) is 0 Å². The predicted octanol–water partition coefficient (Wildman–Crippen LogP) is 4.35. The average Bonchev–Trinajstić information content (AvgIpc) is 3.24. The summed E-state index contributed by atoms with van der Waals surface area (Å²) in [7, 11) is 0. The average molecular weight is 359 g/mol. The molecule has 1 aliphatic heterocycles. The molecule has 5 nitrogen and oxygen atoms in total. The second kappa shape index (κ2) is 7.37. The first-order valence-electron chi connectivity index (χ1n) is 8.35. The molecule has 0 spiro atoms. The molecule has 1 saturated heterocycles. The highest BCUT2D eigenvalue weighted by Gasteiger charge is 2.27. The number of hydrogen-bond acceptors (Lipinski definition) is 4. The molecule has 1 fully saturated rings. The van der Waals surface area contributed by atoms with Gasteiger partial charge in [-0.15, -0.1) is 11.3 Å². The standard InChI is InChI=1S/C19H21NO4S/c1-11(2)12-5-7-13(8-6-12)14-10-25-18(16(14)19(22)23)20-17(21)15-4-3-9-24-15/h5-8,10-11,15H,3-4,9H2,1-2H3,(H,20,21)(H,22,23). The van der Waals surface area contributed by atoms with Gasteiger partial charge in [-0.05, 0) is 29.9 Å². The van der Waals surface area contributed by atoms with E-state index in [-0.39, 0.29) is 11.5 Å². The van der Waals surface area contributed by atoms with Crippen LogP contribution in [0.15, 0.2) is 29.6 Å². The van der Waals surface area contributed by atoms with Gasteiger partial charge in [0.15, 0.2) is 0 Å². The molecule has 0 saturated carbocycles. The summed E-state index contributed by atoms with van der Waals surface area (Å²) in [4.78, 5) is 24.0. The summed E-state index contributed by atoms with van der Waals surface area (Å²) in [6.45, 7) is 4.80. The minimum Gasteiger partial charge on any atom is -0.478 e. The van der Waals surface area contributed by atoms with E-state index in [0.717, 1.165) is 12.0 Å². The second-order valence-electron chi connectivity index (χ2n) is 6.43. The number of ether oxygens (including phenoxy) is 1. The molecule has 0 bridgehead atoms. The van der Waals surface area contributed by atoms with Gasteiger partial charge in [0.05, 0.1) is 0 Å². The Kier molecular flexibility index (Phi) is 5.20. The van der Waals surface area contributed by atoms with Crippen molar-refractivity contribution in [2.75, 3.05) is 11.9 Å². The van der Waals surface area contributed by atoms with Crippen molar-refractivity contribution in [1.29, 1.82) is 0 Å². The third-order valence-corrected chi connectivity index (χ3v) is 5.25. The summed E-state index contributed by atoms with van der Waals surface area (Å²) in [5, 5.41) is 14.5. The SMILES string of the molecule is CC(C)c1ccc(-c2csc(NC(=O)C3CCCO3)c2C(=O)O)cc1. The zero-order valence-electron chi connectivity index (χ0n) is 14.2. The summed E-state index contributed by atoms with van der Waals surface area (Å²) in [5.41, 5.74) is 2.78. The normalized spacial score (nSPS) is 17.0. The molecule has 1 atom stereocenters. The second-order valence-corrected chi connectivity index (χ2v) is 7.31. The number of nitrogens with one attached hydrogen (secondary N) is 1. The van der Waals surface area contributed by atoms with Crippen LogP contribution in [-0.4, -0.2) is 29.7 Å². The first kappa shape index (κ1) is 17.6. The molecule has 1 aliphatic rings. The Morgan fingerprint density at radius 2 is 2.00 bits per heavy atom. The van der Waals surface area contributed by atoms with Crippen LogP contribution < -0.4 is 5.32 Å². The molecule has 1 aromatic carbocycles. The van der Waals surface area contributed by atoms with Crippen molar-refractivity contribution in [3.8, 4) is 11.1 Å². The lowest BCUT2D eigenvalue weighted by Gasteiger charge is -2.10. The highest BCUT2D eigenvalue weighted by molar-refractivity contribution is 7.15. The number of anilines is 1. The summed E-state index contributed by atoms with van der Waals surface area (Å²) in [6, 6.07) is 7.87. The molecule has 3 rings (SSSR count). The number of hydrogen-bond donors (Lipinski definition) is 2. The fourth-order valence-electron chi connectivity index (χ4n) is 2.90. The van der Waals surface area contributed by atoms with Gasteiger partial charge in [0.25, 0.3) is 5.91 Å². The Morgan fingerprint density at radius 1 is 1.28 bits per heavy atom. The van der Waals surface area contributed by atoms with Gasteiger partial charge in [-0.25, -0.2) is 4.79 Å². The number of aromatic carboxylic acids is 1. The summed E-state index contributed by atoms with van der Waals surface area (Å²) < 4.78 is 5.36. The van der Waals surface area contributed by atoms with Crippen molar-refractivity contribution in [2.45, 2.75) is 38.7 Å². The molecule has 0 aliphatic carbocycles. The molecular formula is C19H21NO4S. The number of benzene rings is 1. The van der Waals surface area contributed by atoms with E-state index in [0.29, 0.717) is 29.5 Å². The van der Waals surface area contributed by atoms with E-state index >= 15 is 0 Å². The number of amides is 1. The first-order valence-corrected chi connectivity index (χ1v) is 9.23. The first-order chi connectivity index (χ1) is 12.0. The molecule has 1 unspecified atom stereocenters. The Balaban J connectivity index is 1.89. The quantitative estimate of drug-likeness (QED) is 0.832. The zero-order valence-corrected chi connectivity index (χ0v) is 15.1. The van der Waals surface area contributed by atoms with Crippen LogP contribution in [0.5, 0.6) is 0 Å². The van der Waals surface area contributed by atoms with E-state index < -0.39 is 12.1 Å². The van der Waals surface area contributed by atoms with Crippen LogP contribution in [0, 0.1) is 0 Å². The smallest absolute Gasteiger partial charge is 0.339 e. The van der Waals surface area contributed by atoms with Crippen molar-refractivity contribution in [1.82, 2.24) is 0 Å². The zero-order chi connectivity index (χ0) is 18.0. The maximum Gasteiger partial charge on any atom is 0.339 e. The number of rotatable bonds is 5.